The van der Waals surface area contributed by atoms with E-state index in [-0.39, 0.29) is 18.5 Å². The first kappa shape index (κ1) is 18.4. The van der Waals surface area contributed by atoms with Crippen LogP contribution in [-0.2, 0) is 17.8 Å². The monoisotopic (exact) mass is 398 g/mol. The summed E-state index contributed by atoms with van der Waals surface area (Å²) in [4.78, 5) is 30.8. The maximum atomic E-state index is 12.8. The van der Waals surface area contributed by atoms with E-state index in [4.69, 9.17) is 11.6 Å². The third kappa shape index (κ3) is 3.43. The number of imide groups is 1. The van der Waals surface area contributed by atoms with Crippen LogP contribution in [0.1, 0.15) is 31.1 Å². The standard InChI is InChI=1S/C19H19ClN6O2/c1-11(2)26-10-15(23-24-26)8-16-18(27)25(19(28)22-16)9-13-7-14(20)6-12-4-3-5-21-17(12)13/h3-7,10-11,16H,8-9H2,1-2H3,(H,22,28). The van der Waals surface area contributed by atoms with E-state index in [0.29, 0.717) is 17.1 Å². The summed E-state index contributed by atoms with van der Waals surface area (Å²) in [6.07, 6.45) is 3.76. The SMILES string of the molecule is CC(C)n1cc(CC2NC(=O)N(Cc3cc(Cl)cc4cccnc34)C2=O)nn1. The molecule has 1 aromatic carbocycles. The molecule has 1 fully saturated rings. The number of amides is 3. The van der Waals surface area contributed by atoms with Gasteiger partial charge in [-0.05, 0) is 37.6 Å². The van der Waals surface area contributed by atoms with Gasteiger partial charge < -0.3 is 5.32 Å². The topological polar surface area (TPSA) is 93.0 Å². The van der Waals surface area contributed by atoms with Crippen molar-refractivity contribution in [3.05, 3.63) is 52.9 Å². The summed E-state index contributed by atoms with van der Waals surface area (Å²) in [5.74, 6) is -0.298. The Morgan fingerprint density at radius 2 is 2.11 bits per heavy atom. The van der Waals surface area contributed by atoms with Crippen LogP contribution < -0.4 is 5.32 Å². The lowest BCUT2D eigenvalue weighted by atomic mass is 10.1. The third-order valence-corrected chi connectivity index (χ3v) is 4.90. The molecule has 1 N–H and O–H groups in total. The van der Waals surface area contributed by atoms with Crippen LogP contribution in [0.4, 0.5) is 4.79 Å². The zero-order valence-electron chi connectivity index (χ0n) is 15.5. The van der Waals surface area contributed by atoms with Crippen molar-refractivity contribution in [1.29, 1.82) is 0 Å². The second kappa shape index (κ2) is 7.20. The van der Waals surface area contributed by atoms with Crippen LogP contribution in [0, 0.1) is 0 Å². The molecule has 1 saturated heterocycles. The summed E-state index contributed by atoms with van der Waals surface area (Å²) in [6, 6.07) is 6.33. The Morgan fingerprint density at radius 1 is 1.29 bits per heavy atom. The second-order valence-corrected chi connectivity index (χ2v) is 7.49. The van der Waals surface area contributed by atoms with Gasteiger partial charge in [0.2, 0.25) is 0 Å². The molecule has 3 aromatic rings. The molecule has 3 amide bonds. The van der Waals surface area contributed by atoms with Gasteiger partial charge in [-0.2, -0.15) is 0 Å². The lowest BCUT2D eigenvalue weighted by molar-refractivity contribution is -0.127. The number of aromatic nitrogens is 4. The minimum absolute atomic E-state index is 0.105. The van der Waals surface area contributed by atoms with Gasteiger partial charge in [-0.15, -0.1) is 5.10 Å². The van der Waals surface area contributed by atoms with Crippen molar-refractivity contribution in [3.8, 4) is 0 Å². The van der Waals surface area contributed by atoms with Crippen LogP contribution in [-0.4, -0.2) is 42.9 Å². The number of hydrogen-bond donors (Lipinski definition) is 1. The molecule has 0 saturated carbocycles. The quantitative estimate of drug-likeness (QED) is 0.667. The minimum atomic E-state index is -0.664. The van der Waals surface area contributed by atoms with Gasteiger partial charge >= 0.3 is 6.03 Å². The van der Waals surface area contributed by atoms with E-state index >= 15 is 0 Å². The molecule has 1 aliphatic heterocycles. The maximum Gasteiger partial charge on any atom is 0.325 e. The lowest BCUT2D eigenvalue weighted by Gasteiger charge is -2.14. The first-order valence-electron chi connectivity index (χ1n) is 8.98. The molecular weight excluding hydrogens is 380 g/mol. The highest BCUT2D eigenvalue weighted by atomic mass is 35.5. The number of fused-ring (bicyclic) bond motifs is 1. The molecule has 28 heavy (non-hydrogen) atoms. The van der Waals surface area contributed by atoms with E-state index in [2.05, 4.69) is 20.6 Å². The summed E-state index contributed by atoms with van der Waals surface area (Å²) in [5, 5.41) is 12.2. The van der Waals surface area contributed by atoms with Gasteiger partial charge in [0, 0.05) is 35.3 Å². The van der Waals surface area contributed by atoms with Crippen molar-refractivity contribution in [1.82, 2.24) is 30.2 Å². The van der Waals surface area contributed by atoms with Crippen molar-refractivity contribution < 1.29 is 9.59 Å². The fraction of sp³-hybridized carbons (Fsp3) is 0.316. The molecule has 4 rings (SSSR count). The number of nitrogens with zero attached hydrogens (tertiary/aromatic N) is 5. The van der Waals surface area contributed by atoms with Crippen molar-refractivity contribution in [2.24, 2.45) is 0 Å². The summed E-state index contributed by atoms with van der Waals surface area (Å²) in [5.41, 5.74) is 2.10. The lowest BCUT2D eigenvalue weighted by Crippen LogP contribution is -2.32. The molecule has 0 radical (unpaired) electrons. The normalized spacial score (nSPS) is 17.0. The fourth-order valence-electron chi connectivity index (χ4n) is 3.25. The zero-order valence-corrected chi connectivity index (χ0v) is 16.2. The van der Waals surface area contributed by atoms with Crippen molar-refractivity contribution in [3.63, 3.8) is 0 Å². The molecule has 2 aromatic heterocycles. The Labute approximate surface area is 166 Å². The predicted octanol–water partition coefficient (Wildman–Crippen LogP) is 2.72. The van der Waals surface area contributed by atoms with Gasteiger partial charge in [-0.3, -0.25) is 14.7 Å². The van der Waals surface area contributed by atoms with Gasteiger partial charge in [0.15, 0.2) is 0 Å². The van der Waals surface area contributed by atoms with Crippen molar-refractivity contribution in [2.45, 2.75) is 38.9 Å². The first-order valence-corrected chi connectivity index (χ1v) is 9.36. The van der Waals surface area contributed by atoms with Gasteiger partial charge in [0.1, 0.15) is 6.04 Å². The van der Waals surface area contributed by atoms with Crippen LogP contribution in [0.2, 0.25) is 5.02 Å². The molecule has 9 heteroatoms. The number of benzene rings is 1. The fourth-order valence-corrected chi connectivity index (χ4v) is 3.50. The second-order valence-electron chi connectivity index (χ2n) is 7.05. The number of halogens is 1. The highest BCUT2D eigenvalue weighted by Gasteiger charge is 2.38. The first-order chi connectivity index (χ1) is 13.4. The number of carbonyl (C=O) groups is 2. The highest BCUT2D eigenvalue weighted by molar-refractivity contribution is 6.31. The molecule has 1 aliphatic rings. The number of hydrogen-bond acceptors (Lipinski definition) is 5. The molecule has 0 aliphatic carbocycles. The van der Waals surface area contributed by atoms with Crippen LogP contribution >= 0.6 is 11.6 Å². The predicted molar refractivity (Wildman–Crippen MR) is 104 cm³/mol. The Hall–Kier alpha value is -3.00. The van der Waals surface area contributed by atoms with Gasteiger partial charge in [0.05, 0.1) is 17.8 Å². The van der Waals surface area contributed by atoms with Crippen molar-refractivity contribution >= 4 is 34.4 Å². The van der Waals surface area contributed by atoms with Crippen molar-refractivity contribution in [2.75, 3.05) is 0 Å². The Balaban J connectivity index is 1.55. The minimum Gasteiger partial charge on any atom is -0.325 e. The number of urea groups is 1. The molecule has 0 bridgehead atoms. The molecule has 0 spiro atoms. The average Bonchev–Trinajstić information content (AvgIpc) is 3.22. The number of carbonyl (C=O) groups excluding carboxylic acids is 2. The Morgan fingerprint density at radius 3 is 2.86 bits per heavy atom. The maximum absolute atomic E-state index is 12.8. The third-order valence-electron chi connectivity index (χ3n) is 4.68. The Kier molecular flexibility index (Phi) is 4.72. The molecule has 144 valence electrons. The van der Waals surface area contributed by atoms with Crippen LogP contribution in [0.3, 0.4) is 0 Å². The van der Waals surface area contributed by atoms with E-state index in [1.54, 1.807) is 29.2 Å². The van der Waals surface area contributed by atoms with Crippen LogP contribution in [0.25, 0.3) is 10.9 Å². The van der Waals surface area contributed by atoms with E-state index in [0.717, 1.165) is 16.5 Å². The molecule has 8 nitrogen and oxygen atoms in total. The Bertz CT molecular complexity index is 1060. The summed E-state index contributed by atoms with van der Waals surface area (Å²) >= 11 is 6.20. The average molecular weight is 399 g/mol. The summed E-state index contributed by atoms with van der Waals surface area (Å²) in [6.45, 7) is 4.09. The smallest absolute Gasteiger partial charge is 0.325 e. The van der Waals surface area contributed by atoms with E-state index in [9.17, 15) is 9.59 Å². The zero-order chi connectivity index (χ0) is 19.8. The largest absolute Gasteiger partial charge is 0.325 e. The van der Waals surface area contributed by atoms with Gasteiger partial charge in [0.25, 0.3) is 5.91 Å². The van der Waals surface area contributed by atoms with Gasteiger partial charge in [-0.1, -0.05) is 22.9 Å². The number of rotatable bonds is 5. The number of pyridine rings is 1. The van der Waals surface area contributed by atoms with E-state index in [1.807, 2.05) is 26.0 Å². The molecule has 1 unspecified atom stereocenters. The van der Waals surface area contributed by atoms with E-state index in [1.165, 1.54) is 4.90 Å². The summed E-state index contributed by atoms with van der Waals surface area (Å²) in [7, 11) is 0. The highest BCUT2D eigenvalue weighted by Crippen LogP contribution is 2.25. The summed E-state index contributed by atoms with van der Waals surface area (Å²) < 4.78 is 1.72. The molecule has 1 atom stereocenters. The number of nitrogens with one attached hydrogen (secondary N) is 1. The van der Waals surface area contributed by atoms with Crippen LogP contribution in [0.15, 0.2) is 36.7 Å². The van der Waals surface area contributed by atoms with E-state index < -0.39 is 12.1 Å². The van der Waals surface area contributed by atoms with Gasteiger partial charge in [-0.25, -0.2) is 9.48 Å². The molecular formula is C19H19ClN6O2. The molecule has 3 heterocycles. The van der Waals surface area contributed by atoms with Crippen LogP contribution in [0.5, 0.6) is 0 Å².